The number of benzene rings is 1. The number of likely N-dealkylation sites (N-methyl/N-ethyl adjacent to an activating group) is 1. The quantitative estimate of drug-likeness (QED) is 0.749. The Labute approximate surface area is 111 Å². The molecule has 0 atom stereocenters. The molecular weight excluding hydrogens is 236 g/mol. The lowest BCUT2D eigenvalue weighted by molar-refractivity contribution is 0.792. The first-order chi connectivity index (χ1) is 9.36. The Balaban J connectivity index is 1.97. The fourth-order valence-electron chi connectivity index (χ4n) is 2.12. The third-order valence-electron chi connectivity index (χ3n) is 3.14. The molecule has 96 valence electrons. The molecule has 3 rings (SSSR count). The minimum atomic E-state index is 0.869. The van der Waals surface area contributed by atoms with E-state index in [0.29, 0.717) is 0 Å². The van der Waals surface area contributed by atoms with E-state index in [1.165, 1.54) is 5.56 Å². The molecule has 19 heavy (non-hydrogen) atoms. The van der Waals surface area contributed by atoms with Crippen molar-refractivity contribution in [1.82, 2.24) is 20.3 Å². The van der Waals surface area contributed by atoms with E-state index < -0.39 is 0 Å². The van der Waals surface area contributed by atoms with E-state index >= 15 is 0 Å². The number of fused-ring (bicyclic) bond motifs is 1. The number of hydrogen-bond donors (Lipinski definition) is 2. The van der Waals surface area contributed by atoms with E-state index in [1.54, 1.807) is 6.20 Å². The van der Waals surface area contributed by atoms with Crippen LogP contribution in [0.4, 0.5) is 0 Å². The molecule has 2 N–H and O–H groups in total. The molecular formula is C15H16N4. The Kier molecular flexibility index (Phi) is 3.25. The van der Waals surface area contributed by atoms with Crippen LogP contribution in [0.2, 0.25) is 0 Å². The minimum absolute atomic E-state index is 0.869. The zero-order chi connectivity index (χ0) is 13.1. The van der Waals surface area contributed by atoms with Crippen LogP contribution < -0.4 is 5.32 Å². The number of H-pyrrole nitrogens is 1. The Hall–Kier alpha value is -2.20. The second-order valence-electron chi connectivity index (χ2n) is 4.53. The van der Waals surface area contributed by atoms with E-state index in [2.05, 4.69) is 38.5 Å². The molecule has 0 saturated carbocycles. The van der Waals surface area contributed by atoms with Gasteiger partial charge < -0.3 is 10.3 Å². The fourth-order valence-corrected chi connectivity index (χ4v) is 2.12. The zero-order valence-corrected chi connectivity index (χ0v) is 10.9. The summed E-state index contributed by atoms with van der Waals surface area (Å²) in [5.74, 6) is 0.869. The van der Waals surface area contributed by atoms with Crippen LogP contribution in [0.15, 0.2) is 42.7 Å². The molecule has 0 fully saturated rings. The molecule has 0 radical (unpaired) electrons. The van der Waals surface area contributed by atoms with Crippen LogP contribution in [0.1, 0.15) is 5.56 Å². The first-order valence-corrected chi connectivity index (χ1v) is 6.40. The molecule has 3 aromatic rings. The summed E-state index contributed by atoms with van der Waals surface area (Å²) in [6, 6.07) is 10.3. The Morgan fingerprint density at radius 2 is 2.21 bits per heavy atom. The average molecular weight is 252 g/mol. The van der Waals surface area contributed by atoms with Crippen LogP contribution in [0.3, 0.4) is 0 Å². The van der Waals surface area contributed by atoms with E-state index in [0.717, 1.165) is 35.4 Å². The van der Waals surface area contributed by atoms with Crippen molar-refractivity contribution >= 4 is 11.0 Å². The molecule has 0 saturated heterocycles. The highest BCUT2D eigenvalue weighted by atomic mass is 14.9. The van der Waals surface area contributed by atoms with E-state index in [1.807, 2.05) is 25.4 Å². The molecule has 2 aromatic heterocycles. The van der Waals surface area contributed by atoms with Crippen LogP contribution >= 0.6 is 0 Å². The maximum Gasteiger partial charge on any atom is 0.140 e. The summed E-state index contributed by atoms with van der Waals surface area (Å²) in [6.45, 7) is 0.981. The number of aromatic nitrogens is 3. The summed E-state index contributed by atoms with van der Waals surface area (Å²) in [7, 11) is 1.97. The van der Waals surface area contributed by atoms with Gasteiger partial charge >= 0.3 is 0 Å². The van der Waals surface area contributed by atoms with Crippen molar-refractivity contribution in [2.24, 2.45) is 0 Å². The smallest absolute Gasteiger partial charge is 0.140 e. The van der Waals surface area contributed by atoms with Crippen LogP contribution in [0.25, 0.3) is 22.4 Å². The zero-order valence-electron chi connectivity index (χ0n) is 10.9. The molecule has 0 amide bonds. The van der Waals surface area contributed by atoms with Gasteiger partial charge in [0.2, 0.25) is 0 Å². The van der Waals surface area contributed by atoms with Crippen molar-refractivity contribution in [2.75, 3.05) is 13.6 Å². The third-order valence-corrected chi connectivity index (χ3v) is 3.14. The monoisotopic (exact) mass is 252 g/mol. The molecule has 0 aliphatic carbocycles. The van der Waals surface area contributed by atoms with Crippen molar-refractivity contribution in [1.29, 1.82) is 0 Å². The summed E-state index contributed by atoms with van der Waals surface area (Å²) < 4.78 is 0. The number of hydrogen-bond acceptors (Lipinski definition) is 3. The lowest BCUT2D eigenvalue weighted by Gasteiger charge is -1.99. The Morgan fingerprint density at radius 3 is 3.00 bits per heavy atom. The topological polar surface area (TPSA) is 53.6 Å². The summed E-state index contributed by atoms with van der Waals surface area (Å²) in [6.07, 6.45) is 4.61. The molecule has 0 spiro atoms. The first kappa shape index (κ1) is 11.9. The molecule has 0 unspecified atom stereocenters. The van der Waals surface area contributed by atoms with E-state index in [9.17, 15) is 0 Å². The van der Waals surface area contributed by atoms with E-state index in [-0.39, 0.29) is 0 Å². The van der Waals surface area contributed by atoms with Crippen LogP contribution in [0, 0.1) is 0 Å². The van der Waals surface area contributed by atoms with Gasteiger partial charge in [0.1, 0.15) is 5.82 Å². The van der Waals surface area contributed by atoms with Crippen molar-refractivity contribution in [2.45, 2.75) is 6.42 Å². The van der Waals surface area contributed by atoms with Crippen molar-refractivity contribution < 1.29 is 0 Å². The largest absolute Gasteiger partial charge is 0.338 e. The summed E-state index contributed by atoms with van der Waals surface area (Å²) in [5, 5.41) is 3.16. The van der Waals surface area contributed by atoms with Gasteiger partial charge in [-0.25, -0.2) is 4.98 Å². The van der Waals surface area contributed by atoms with Crippen molar-refractivity contribution in [3.05, 3.63) is 48.3 Å². The molecule has 0 aliphatic rings. The fraction of sp³-hybridized carbons (Fsp3) is 0.200. The van der Waals surface area contributed by atoms with Gasteiger partial charge in [-0.2, -0.15) is 0 Å². The van der Waals surface area contributed by atoms with Gasteiger partial charge in [-0.05, 0) is 49.8 Å². The van der Waals surface area contributed by atoms with Gasteiger partial charge in [0.15, 0.2) is 0 Å². The summed E-state index contributed by atoms with van der Waals surface area (Å²) >= 11 is 0. The predicted molar refractivity (Wildman–Crippen MR) is 77.0 cm³/mol. The summed E-state index contributed by atoms with van der Waals surface area (Å²) in [4.78, 5) is 12.1. The van der Waals surface area contributed by atoms with Gasteiger partial charge in [0.25, 0.3) is 0 Å². The van der Waals surface area contributed by atoms with Crippen molar-refractivity contribution in [3.63, 3.8) is 0 Å². The van der Waals surface area contributed by atoms with Crippen LogP contribution in [-0.2, 0) is 6.42 Å². The molecule has 0 aliphatic heterocycles. The molecule has 0 bridgehead atoms. The SMILES string of the molecule is CNCCc1ccc2nc(-c3cccnc3)[nH]c2c1. The lowest BCUT2D eigenvalue weighted by Crippen LogP contribution is -2.10. The summed E-state index contributed by atoms with van der Waals surface area (Å²) in [5.41, 5.74) is 4.39. The van der Waals surface area contributed by atoms with Gasteiger partial charge in [0, 0.05) is 18.0 Å². The molecule has 2 heterocycles. The average Bonchev–Trinajstić information content (AvgIpc) is 2.89. The highest BCUT2D eigenvalue weighted by molar-refractivity contribution is 5.79. The molecule has 4 nitrogen and oxygen atoms in total. The van der Waals surface area contributed by atoms with Gasteiger partial charge in [-0.1, -0.05) is 6.07 Å². The Morgan fingerprint density at radius 1 is 1.26 bits per heavy atom. The second-order valence-corrected chi connectivity index (χ2v) is 4.53. The number of nitrogens with one attached hydrogen (secondary N) is 2. The number of imidazole rings is 1. The van der Waals surface area contributed by atoms with Gasteiger partial charge in [-0.3, -0.25) is 4.98 Å². The second kappa shape index (κ2) is 5.20. The standard InChI is InChI=1S/C15H16N4/c1-16-8-6-11-4-5-13-14(9-11)19-15(18-13)12-3-2-7-17-10-12/h2-5,7,9-10,16H,6,8H2,1H3,(H,18,19). The number of aromatic amines is 1. The number of rotatable bonds is 4. The van der Waals surface area contributed by atoms with Crippen molar-refractivity contribution in [3.8, 4) is 11.4 Å². The highest BCUT2D eigenvalue weighted by Gasteiger charge is 2.05. The third kappa shape index (κ3) is 2.48. The van der Waals surface area contributed by atoms with Gasteiger partial charge in [-0.15, -0.1) is 0 Å². The van der Waals surface area contributed by atoms with E-state index in [4.69, 9.17) is 0 Å². The predicted octanol–water partition coefficient (Wildman–Crippen LogP) is 2.39. The van der Waals surface area contributed by atoms with Gasteiger partial charge in [0.05, 0.1) is 11.0 Å². The molecule has 4 heteroatoms. The maximum atomic E-state index is 4.59. The Bertz CT molecular complexity index is 673. The normalized spacial score (nSPS) is 11.0. The van der Waals surface area contributed by atoms with Crippen LogP contribution in [0.5, 0.6) is 0 Å². The lowest BCUT2D eigenvalue weighted by atomic mass is 10.1. The van der Waals surface area contributed by atoms with Crippen LogP contribution in [-0.4, -0.2) is 28.5 Å². The number of nitrogens with zero attached hydrogens (tertiary/aromatic N) is 2. The maximum absolute atomic E-state index is 4.59. The molecule has 1 aromatic carbocycles. The minimum Gasteiger partial charge on any atom is -0.338 e. The highest BCUT2D eigenvalue weighted by Crippen LogP contribution is 2.20. The first-order valence-electron chi connectivity index (χ1n) is 6.40. The number of pyridine rings is 1.